The molecule has 0 aliphatic carbocycles. The quantitative estimate of drug-likeness (QED) is 0.794. The number of aromatic nitrogens is 1. The fourth-order valence-corrected chi connectivity index (χ4v) is 2.57. The largest absolute Gasteiger partial charge is 0.433 e. The van der Waals surface area contributed by atoms with Gasteiger partial charge in [-0.1, -0.05) is 6.07 Å². The lowest BCUT2D eigenvalue weighted by Gasteiger charge is -2.08. The number of aryl methyl sites for hydroxylation is 1. The first-order valence-electron chi connectivity index (χ1n) is 6.54. The van der Waals surface area contributed by atoms with Crippen LogP contribution in [0.25, 0.3) is 0 Å². The molecule has 0 unspecified atom stereocenters. The highest BCUT2D eigenvalue weighted by molar-refractivity contribution is 7.12. The van der Waals surface area contributed by atoms with Gasteiger partial charge in [-0.05, 0) is 23.9 Å². The summed E-state index contributed by atoms with van der Waals surface area (Å²) in [5.41, 5.74) is -0.111. The second kappa shape index (κ2) is 7.69. The molecule has 2 rings (SSSR count). The van der Waals surface area contributed by atoms with Crippen LogP contribution >= 0.6 is 11.3 Å². The molecule has 1 amide bonds. The van der Waals surface area contributed by atoms with Gasteiger partial charge in [0.15, 0.2) is 0 Å². The third-order valence-corrected chi connectivity index (χ3v) is 3.71. The van der Waals surface area contributed by atoms with E-state index in [0.29, 0.717) is 19.5 Å². The molecule has 0 saturated heterocycles. The Hall–Kier alpha value is -2.22. The molecule has 5 nitrogen and oxygen atoms in total. The van der Waals surface area contributed by atoms with Crippen LogP contribution in [-0.4, -0.2) is 23.6 Å². The molecule has 1 N–H and O–H groups in total. The lowest BCUT2D eigenvalue weighted by atomic mass is 10.3. The Morgan fingerprint density at radius 3 is 2.91 bits per heavy atom. The van der Waals surface area contributed by atoms with E-state index in [1.54, 1.807) is 18.3 Å². The average Bonchev–Trinajstić information content (AvgIpc) is 2.92. The third kappa shape index (κ3) is 4.39. The number of hydrogen-bond acceptors (Lipinski definition) is 4. The molecule has 8 heteroatoms. The molecule has 0 atom stereocenters. The van der Waals surface area contributed by atoms with Crippen LogP contribution in [0.5, 0.6) is 5.75 Å². The maximum Gasteiger partial charge on any atom is 0.387 e. The summed E-state index contributed by atoms with van der Waals surface area (Å²) in [6.07, 6.45) is 2.21. The van der Waals surface area contributed by atoms with Crippen LogP contribution in [0.3, 0.4) is 0 Å². The predicted octanol–water partition coefficient (Wildman–Crippen LogP) is 2.33. The highest BCUT2D eigenvalue weighted by atomic mass is 32.1. The van der Waals surface area contributed by atoms with Crippen molar-refractivity contribution in [3.63, 3.8) is 0 Å². The van der Waals surface area contributed by atoms with Gasteiger partial charge in [-0.3, -0.25) is 9.59 Å². The van der Waals surface area contributed by atoms with Crippen LogP contribution in [-0.2, 0) is 6.54 Å². The van der Waals surface area contributed by atoms with Crippen LogP contribution < -0.4 is 15.6 Å². The van der Waals surface area contributed by atoms with Gasteiger partial charge in [-0.2, -0.15) is 8.78 Å². The van der Waals surface area contributed by atoms with Crippen LogP contribution in [0, 0.1) is 0 Å². The smallest absolute Gasteiger partial charge is 0.387 e. The third-order valence-electron chi connectivity index (χ3n) is 2.81. The molecule has 22 heavy (non-hydrogen) atoms. The van der Waals surface area contributed by atoms with Crippen LogP contribution in [0.1, 0.15) is 16.1 Å². The molecule has 2 aromatic heterocycles. The number of hydrogen-bond donors (Lipinski definition) is 1. The van der Waals surface area contributed by atoms with Crippen molar-refractivity contribution in [1.29, 1.82) is 0 Å². The number of carbonyl (C=O) groups is 1. The zero-order chi connectivity index (χ0) is 15.9. The number of nitrogens with zero attached hydrogens (tertiary/aromatic N) is 1. The Morgan fingerprint density at radius 2 is 2.18 bits per heavy atom. The molecular formula is C14H14F2N2O3S. The summed E-state index contributed by atoms with van der Waals surface area (Å²) in [6.45, 7) is -2.18. The average molecular weight is 328 g/mol. The normalized spacial score (nSPS) is 10.7. The van der Waals surface area contributed by atoms with E-state index in [0.717, 1.165) is 11.3 Å². The summed E-state index contributed by atoms with van der Waals surface area (Å²) in [7, 11) is 0. The lowest BCUT2D eigenvalue weighted by molar-refractivity contribution is -0.0498. The number of pyridine rings is 1. The number of carbonyl (C=O) groups excluding carboxylic acids is 1. The first-order valence-corrected chi connectivity index (χ1v) is 7.42. The van der Waals surface area contributed by atoms with Crippen molar-refractivity contribution < 1.29 is 18.3 Å². The summed E-state index contributed by atoms with van der Waals surface area (Å²) in [6, 6.07) is 6.19. The van der Waals surface area contributed by atoms with Gasteiger partial charge in [0.05, 0.1) is 0 Å². The summed E-state index contributed by atoms with van der Waals surface area (Å²) in [5, 5.41) is 4.13. The topological polar surface area (TPSA) is 60.3 Å². The molecule has 0 fully saturated rings. The molecule has 0 aromatic carbocycles. The second-order valence-electron chi connectivity index (χ2n) is 4.33. The van der Waals surface area contributed by atoms with Crippen molar-refractivity contribution >= 4 is 17.2 Å². The molecule has 0 aliphatic rings. The lowest BCUT2D eigenvalue weighted by Crippen LogP contribution is -2.26. The summed E-state index contributed by atoms with van der Waals surface area (Å²) in [4.78, 5) is 23.5. The minimum atomic E-state index is -2.97. The second-order valence-corrected chi connectivity index (χ2v) is 5.25. The molecule has 0 aliphatic heterocycles. The Kier molecular flexibility index (Phi) is 5.65. The van der Waals surface area contributed by atoms with Crippen molar-refractivity contribution in [2.24, 2.45) is 0 Å². The van der Waals surface area contributed by atoms with Gasteiger partial charge in [-0.25, -0.2) is 0 Å². The van der Waals surface area contributed by atoms with Gasteiger partial charge in [-0.15, -0.1) is 11.3 Å². The zero-order valence-corrected chi connectivity index (χ0v) is 12.3. The molecule has 0 saturated carbocycles. The van der Waals surface area contributed by atoms with Gasteiger partial charge in [0.25, 0.3) is 5.91 Å². The molecule has 118 valence electrons. The minimum Gasteiger partial charge on any atom is -0.433 e. The highest BCUT2D eigenvalue weighted by Crippen LogP contribution is 2.26. The van der Waals surface area contributed by atoms with Crippen molar-refractivity contribution in [2.45, 2.75) is 19.6 Å². The highest BCUT2D eigenvalue weighted by Gasteiger charge is 2.16. The fourth-order valence-electron chi connectivity index (χ4n) is 1.83. The molecule has 2 heterocycles. The molecule has 2 aromatic rings. The maximum absolute atomic E-state index is 12.2. The van der Waals surface area contributed by atoms with Gasteiger partial charge in [0, 0.05) is 25.4 Å². The van der Waals surface area contributed by atoms with E-state index in [-0.39, 0.29) is 16.2 Å². The number of ether oxygens (including phenoxy) is 1. The summed E-state index contributed by atoms with van der Waals surface area (Å²) >= 11 is 1.03. The number of thiophene rings is 1. The van der Waals surface area contributed by atoms with E-state index >= 15 is 0 Å². The van der Waals surface area contributed by atoms with Gasteiger partial charge < -0.3 is 14.6 Å². The predicted molar refractivity (Wildman–Crippen MR) is 78.6 cm³/mol. The van der Waals surface area contributed by atoms with E-state index in [1.807, 2.05) is 0 Å². The van der Waals surface area contributed by atoms with E-state index in [1.165, 1.54) is 22.1 Å². The standard InChI is InChI=1S/C14H14F2N2O3S/c15-14(16)21-10-5-9-22-12(10)13(20)17-6-3-8-18-7-2-1-4-11(18)19/h1-2,4-5,7,9,14H,3,6,8H2,(H,17,20). The molecule has 0 spiro atoms. The van der Waals surface area contributed by atoms with Crippen LogP contribution in [0.4, 0.5) is 8.78 Å². The number of halogens is 2. The Morgan fingerprint density at radius 1 is 1.36 bits per heavy atom. The van der Waals surface area contributed by atoms with Gasteiger partial charge >= 0.3 is 6.61 Å². The maximum atomic E-state index is 12.2. The van der Waals surface area contributed by atoms with Crippen LogP contribution in [0.2, 0.25) is 0 Å². The molecule has 0 radical (unpaired) electrons. The molecular weight excluding hydrogens is 314 g/mol. The SMILES string of the molecule is O=C(NCCCn1ccccc1=O)c1sccc1OC(F)F. The van der Waals surface area contributed by atoms with Gasteiger partial charge in [0.2, 0.25) is 5.56 Å². The van der Waals surface area contributed by atoms with Crippen molar-refractivity contribution in [1.82, 2.24) is 9.88 Å². The minimum absolute atomic E-state index is 0.108. The summed E-state index contributed by atoms with van der Waals surface area (Å²) in [5.74, 6) is -0.595. The monoisotopic (exact) mass is 328 g/mol. The van der Waals surface area contributed by atoms with E-state index in [2.05, 4.69) is 10.1 Å². The Balaban J connectivity index is 1.82. The number of alkyl halides is 2. The first kappa shape index (κ1) is 16.2. The molecule has 0 bridgehead atoms. The number of amides is 1. The van der Waals surface area contributed by atoms with Crippen molar-refractivity contribution in [2.75, 3.05) is 6.54 Å². The summed E-state index contributed by atoms with van der Waals surface area (Å²) < 4.78 is 30.2. The Labute approximate surface area is 129 Å². The van der Waals surface area contributed by atoms with Crippen LogP contribution in [0.15, 0.2) is 40.6 Å². The van der Waals surface area contributed by atoms with E-state index < -0.39 is 12.5 Å². The number of rotatable bonds is 7. The van der Waals surface area contributed by atoms with Crippen molar-refractivity contribution in [3.8, 4) is 5.75 Å². The Bertz CT molecular complexity index is 684. The van der Waals surface area contributed by atoms with Gasteiger partial charge in [0.1, 0.15) is 10.6 Å². The van der Waals surface area contributed by atoms with Crippen molar-refractivity contribution in [3.05, 3.63) is 51.1 Å². The fraction of sp³-hybridized carbons (Fsp3) is 0.286. The van der Waals surface area contributed by atoms with E-state index in [4.69, 9.17) is 0 Å². The number of nitrogens with one attached hydrogen (secondary N) is 1. The first-order chi connectivity index (χ1) is 10.6. The van der Waals surface area contributed by atoms with E-state index in [9.17, 15) is 18.4 Å². The zero-order valence-electron chi connectivity index (χ0n) is 11.5.